The van der Waals surface area contributed by atoms with E-state index < -0.39 is 41.4 Å². The summed E-state index contributed by atoms with van der Waals surface area (Å²) in [5, 5.41) is 30.9. The number of esters is 1. The van der Waals surface area contributed by atoms with E-state index in [-0.39, 0.29) is 31.8 Å². The molecule has 1 unspecified atom stereocenters. The first-order valence-corrected chi connectivity index (χ1v) is 19.6. The number of amides is 1. The van der Waals surface area contributed by atoms with Crippen molar-refractivity contribution in [3.8, 4) is 17.3 Å². The number of thiazole rings is 1. The molecule has 2 aromatic carbocycles. The molecule has 15 nitrogen and oxygen atoms in total. The van der Waals surface area contributed by atoms with Crippen molar-refractivity contribution in [1.82, 2.24) is 30.0 Å². The number of hydrogen-bond acceptors (Lipinski definition) is 13. The maximum atomic E-state index is 15.5. The molecule has 0 saturated carbocycles. The summed E-state index contributed by atoms with van der Waals surface area (Å²) >= 11 is 1.25. The van der Waals surface area contributed by atoms with Gasteiger partial charge >= 0.3 is 12.1 Å². The number of pyridine rings is 2. The van der Waals surface area contributed by atoms with Gasteiger partial charge in [0.1, 0.15) is 42.0 Å². The summed E-state index contributed by atoms with van der Waals surface area (Å²) in [6, 6.07) is 19.0. The summed E-state index contributed by atoms with van der Waals surface area (Å²) in [6.45, 7) is 3.36. The van der Waals surface area contributed by atoms with E-state index in [1.54, 1.807) is 75.1 Å². The van der Waals surface area contributed by atoms with Crippen molar-refractivity contribution in [2.75, 3.05) is 37.5 Å². The summed E-state index contributed by atoms with van der Waals surface area (Å²) in [7, 11) is 5.01. The van der Waals surface area contributed by atoms with Gasteiger partial charge in [-0.2, -0.15) is 9.83 Å². The first-order chi connectivity index (χ1) is 28.8. The van der Waals surface area contributed by atoms with Gasteiger partial charge in [-0.05, 0) is 49.5 Å². The van der Waals surface area contributed by atoms with Crippen LogP contribution >= 0.6 is 11.3 Å². The van der Waals surface area contributed by atoms with Crippen molar-refractivity contribution in [3.05, 3.63) is 136 Å². The minimum atomic E-state index is -2.05. The van der Waals surface area contributed by atoms with Crippen molar-refractivity contribution in [2.45, 2.75) is 51.3 Å². The van der Waals surface area contributed by atoms with Crippen LogP contribution in [0, 0.1) is 23.0 Å². The van der Waals surface area contributed by atoms with E-state index in [1.807, 2.05) is 24.1 Å². The Kier molecular flexibility index (Phi) is 13.5. The molecule has 6 rings (SSSR count). The van der Waals surface area contributed by atoms with E-state index in [0.717, 1.165) is 23.8 Å². The molecule has 0 aliphatic heterocycles. The third kappa shape index (κ3) is 9.77. The van der Waals surface area contributed by atoms with E-state index in [9.17, 15) is 24.3 Å². The number of likely N-dealkylation sites (N-methyl/N-ethyl adjacent to an activating group) is 1. The first kappa shape index (κ1) is 42.9. The molecule has 0 saturated heterocycles. The van der Waals surface area contributed by atoms with Crippen LogP contribution in [-0.4, -0.2) is 69.6 Å². The van der Waals surface area contributed by atoms with Gasteiger partial charge in [0.05, 0.1) is 28.9 Å². The molecule has 60 heavy (non-hydrogen) atoms. The van der Waals surface area contributed by atoms with Gasteiger partial charge in [-0.1, -0.05) is 31.2 Å². The van der Waals surface area contributed by atoms with Crippen molar-refractivity contribution < 1.29 is 37.5 Å². The molecule has 310 valence electrons. The predicted octanol–water partition coefficient (Wildman–Crippen LogP) is 5.62. The standard InChI is InChI=1S/C42H43F2N10O5S/c1-27(40-50-36(23-60-40)30-12-10-29(19-45)11-13-30)42(57,34-18-33(43)14-15-35(34)44)24-54-26-53(25-49-54)28(2)59-41(56)52(5)39-31(8-6-17-48-39)21-51(4)38-32(9-7-16-47-38)22-58-37(55)20-46-3/h6-18,23,25-28,46,57H,20-22,24H2,1-5H3/q+1/t27-,28?,42+/m0/s1. The number of carbonyl (C=O) groups is 2. The number of hydrogen-bond donors (Lipinski definition) is 2. The normalized spacial score (nSPS) is 13.1. The van der Waals surface area contributed by atoms with Crippen LogP contribution in [0.15, 0.2) is 97.2 Å². The maximum Gasteiger partial charge on any atom is 0.418 e. The Morgan fingerprint density at radius 3 is 2.48 bits per heavy atom. The molecule has 0 radical (unpaired) electrons. The smallest absolute Gasteiger partial charge is 0.418 e. The number of benzene rings is 2. The number of nitrogens with one attached hydrogen (secondary N) is 1. The summed E-state index contributed by atoms with van der Waals surface area (Å²) in [5.74, 6) is -1.89. The minimum absolute atomic E-state index is 0.0278. The zero-order valence-electron chi connectivity index (χ0n) is 33.5. The molecule has 0 aliphatic carbocycles. The van der Waals surface area contributed by atoms with Gasteiger partial charge in [-0.25, -0.2) is 28.5 Å². The number of ether oxygens (including phenoxy) is 2. The van der Waals surface area contributed by atoms with Crippen LogP contribution < -0.4 is 19.7 Å². The lowest BCUT2D eigenvalue weighted by atomic mass is 9.82. The Hall–Kier alpha value is -6.68. The zero-order chi connectivity index (χ0) is 43.0. The summed E-state index contributed by atoms with van der Waals surface area (Å²) in [4.78, 5) is 42.3. The lowest BCUT2D eigenvalue weighted by molar-refractivity contribution is -0.753. The van der Waals surface area contributed by atoms with E-state index >= 15 is 4.39 Å². The van der Waals surface area contributed by atoms with Gasteiger partial charge in [-0.15, -0.1) is 16.0 Å². The fourth-order valence-corrected chi connectivity index (χ4v) is 7.45. The molecule has 0 bridgehead atoms. The van der Waals surface area contributed by atoms with Gasteiger partial charge in [0.25, 0.3) is 6.33 Å². The molecule has 0 spiro atoms. The fraction of sp³-hybridized carbons (Fsp3) is 0.286. The van der Waals surface area contributed by atoms with Crippen LogP contribution in [0.4, 0.5) is 25.2 Å². The van der Waals surface area contributed by atoms with Crippen LogP contribution in [0.3, 0.4) is 0 Å². The molecule has 0 aliphatic rings. The molecule has 0 fully saturated rings. The van der Waals surface area contributed by atoms with Gasteiger partial charge in [-0.3, -0.25) is 9.69 Å². The average Bonchev–Trinajstić information content (AvgIpc) is 3.94. The minimum Gasteiger partial charge on any atom is -0.460 e. The number of aromatic nitrogens is 6. The van der Waals surface area contributed by atoms with Crippen LogP contribution in [0.25, 0.3) is 11.3 Å². The summed E-state index contributed by atoms with van der Waals surface area (Å²) < 4.78 is 44.1. The van der Waals surface area contributed by atoms with Gasteiger partial charge < -0.3 is 24.8 Å². The molecular formula is C42H43F2N10O5S+. The average molecular weight is 838 g/mol. The van der Waals surface area contributed by atoms with Crippen LogP contribution in [0.1, 0.15) is 53.3 Å². The van der Waals surface area contributed by atoms with E-state index in [4.69, 9.17) is 14.5 Å². The van der Waals surface area contributed by atoms with E-state index in [2.05, 4.69) is 26.5 Å². The highest BCUT2D eigenvalue weighted by Gasteiger charge is 2.43. The Morgan fingerprint density at radius 2 is 1.77 bits per heavy atom. The molecule has 1 amide bonds. The first-order valence-electron chi connectivity index (χ1n) is 18.7. The molecule has 4 heterocycles. The number of rotatable bonds is 16. The van der Waals surface area contributed by atoms with Crippen molar-refractivity contribution in [1.29, 1.82) is 5.26 Å². The van der Waals surface area contributed by atoms with Crippen molar-refractivity contribution >= 4 is 35.0 Å². The number of nitriles is 1. The fourth-order valence-electron chi connectivity index (χ4n) is 6.48. The number of halogens is 2. The second kappa shape index (κ2) is 18.9. The van der Waals surface area contributed by atoms with Crippen molar-refractivity contribution in [2.24, 2.45) is 0 Å². The number of anilines is 2. The molecule has 18 heteroatoms. The Morgan fingerprint density at radius 1 is 1.05 bits per heavy atom. The highest BCUT2D eigenvalue weighted by atomic mass is 32.1. The highest BCUT2D eigenvalue weighted by molar-refractivity contribution is 7.10. The van der Waals surface area contributed by atoms with Gasteiger partial charge in [0.2, 0.25) is 12.6 Å². The molecule has 4 aromatic heterocycles. The second-order valence-electron chi connectivity index (χ2n) is 14.0. The monoisotopic (exact) mass is 837 g/mol. The zero-order valence-corrected chi connectivity index (χ0v) is 34.3. The van der Waals surface area contributed by atoms with Gasteiger partial charge in [0.15, 0.2) is 0 Å². The molecule has 2 N–H and O–H groups in total. The van der Waals surface area contributed by atoms with E-state index in [1.165, 1.54) is 45.2 Å². The molecule has 3 atom stereocenters. The van der Waals surface area contributed by atoms with E-state index in [0.29, 0.717) is 39.0 Å². The number of nitrogens with zero attached hydrogens (tertiary/aromatic N) is 9. The SMILES string of the molecule is CNCC(=O)OCc1cccnc1N(C)Cc1cccnc1N(C)C(=O)OC(C)[n+]1cnn(C[C@](O)(c2cc(F)ccc2F)[C@@H](C)c2nc(-c3ccc(C#N)cc3)cs2)c1. The predicted molar refractivity (Wildman–Crippen MR) is 217 cm³/mol. The summed E-state index contributed by atoms with van der Waals surface area (Å²) in [6.07, 6.45) is 4.43. The quantitative estimate of drug-likeness (QED) is 0.0912. The number of carbonyl (C=O) groups excluding carboxylic acids is 2. The lowest BCUT2D eigenvalue weighted by Crippen LogP contribution is -2.42. The molecule has 6 aromatic rings. The highest BCUT2D eigenvalue weighted by Crippen LogP contribution is 2.41. The largest absolute Gasteiger partial charge is 0.460 e. The van der Waals surface area contributed by atoms with Crippen LogP contribution in [0.5, 0.6) is 0 Å². The Labute approximate surface area is 349 Å². The van der Waals surface area contributed by atoms with Crippen LogP contribution in [-0.2, 0) is 39.6 Å². The Bertz CT molecular complexity index is 2490. The third-order valence-corrected chi connectivity index (χ3v) is 10.8. The molecular weight excluding hydrogens is 795 g/mol. The topological polar surface area (TPSA) is 175 Å². The lowest BCUT2D eigenvalue weighted by Gasteiger charge is -2.32. The maximum absolute atomic E-state index is 15.5. The summed E-state index contributed by atoms with van der Waals surface area (Å²) in [5.41, 5.74) is 0.880. The van der Waals surface area contributed by atoms with Crippen LogP contribution in [0.2, 0.25) is 0 Å². The number of aliphatic hydroxyl groups is 1. The third-order valence-electron chi connectivity index (χ3n) is 9.81. The Balaban J connectivity index is 1.17. The van der Waals surface area contributed by atoms with Crippen molar-refractivity contribution in [3.63, 3.8) is 0 Å². The van der Waals surface area contributed by atoms with Gasteiger partial charge in [0, 0.05) is 78.6 Å². The second-order valence-corrected chi connectivity index (χ2v) is 14.9.